The number of hydrogen-bond acceptors (Lipinski definition) is 7. The van der Waals surface area contributed by atoms with E-state index in [0.717, 1.165) is 35.5 Å². The van der Waals surface area contributed by atoms with E-state index in [1.807, 2.05) is 26.0 Å². The van der Waals surface area contributed by atoms with Crippen LogP contribution in [0.15, 0.2) is 63.1 Å². The van der Waals surface area contributed by atoms with Crippen molar-refractivity contribution in [3.8, 4) is 5.88 Å². The van der Waals surface area contributed by atoms with Gasteiger partial charge in [-0.25, -0.2) is 9.79 Å². The summed E-state index contributed by atoms with van der Waals surface area (Å²) in [5.74, 6) is -1.74. The fourth-order valence-corrected chi connectivity index (χ4v) is 4.97. The lowest BCUT2D eigenvalue weighted by Crippen LogP contribution is -2.29. The van der Waals surface area contributed by atoms with Crippen LogP contribution in [0.4, 0.5) is 18.9 Å². The van der Waals surface area contributed by atoms with Crippen molar-refractivity contribution >= 4 is 34.4 Å². The maximum atomic E-state index is 13.0. The molecule has 0 radical (unpaired) electrons. The zero-order valence-electron chi connectivity index (χ0n) is 21.1. The Kier molecular flexibility index (Phi) is 8.18. The van der Waals surface area contributed by atoms with Crippen molar-refractivity contribution in [2.75, 3.05) is 5.32 Å². The number of thioether (sulfide) groups is 1. The lowest BCUT2D eigenvalue weighted by Gasteiger charge is -2.15. The standard InChI is InChI=1S/C26H24F3N5O5S/c1-12(2)13-6-8-14(9-7-13)20(19-22(37)32-24(39)33-23(19)38)31-25-34-21(36)17(40-25)11-18(35)30-16-5-3-4-15(10-16)26(27,28)29/h3-10,12,17,20H,11H2,1-2H3,(H,30,35)(H,31,34,36)(H3,32,33,37,38,39)/t17-,20-/m0/s1. The second-order valence-corrected chi connectivity index (χ2v) is 10.4. The number of aromatic hydroxyl groups is 1. The second-order valence-electron chi connectivity index (χ2n) is 9.26. The predicted octanol–water partition coefficient (Wildman–Crippen LogP) is 3.62. The number of hydrogen-bond donors (Lipinski definition) is 5. The van der Waals surface area contributed by atoms with Gasteiger partial charge in [-0.05, 0) is 35.2 Å². The van der Waals surface area contributed by atoms with E-state index in [-0.39, 0.29) is 28.8 Å². The summed E-state index contributed by atoms with van der Waals surface area (Å²) in [6, 6.07) is 10.0. The van der Waals surface area contributed by atoms with Gasteiger partial charge in [0.25, 0.3) is 5.56 Å². The third kappa shape index (κ3) is 6.62. The van der Waals surface area contributed by atoms with Gasteiger partial charge in [0.1, 0.15) is 16.9 Å². The number of alkyl halides is 3. The molecule has 40 heavy (non-hydrogen) atoms. The van der Waals surface area contributed by atoms with Crippen LogP contribution in [0, 0.1) is 0 Å². The van der Waals surface area contributed by atoms with Gasteiger partial charge in [-0.3, -0.25) is 24.4 Å². The molecule has 4 rings (SSSR count). The van der Waals surface area contributed by atoms with E-state index in [4.69, 9.17) is 0 Å². The van der Waals surface area contributed by atoms with Crippen molar-refractivity contribution in [2.45, 2.75) is 43.7 Å². The highest BCUT2D eigenvalue weighted by Gasteiger charge is 2.34. The van der Waals surface area contributed by atoms with Crippen LogP contribution in [0.1, 0.15) is 54.5 Å². The highest BCUT2D eigenvalue weighted by atomic mass is 32.2. The second kappa shape index (κ2) is 11.4. The third-order valence-corrected chi connectivity index (χ3v) is 7.11. The highest BCUT2D eigenvalue weighted by molar-refractivity contribution is 8.15. The van der Waals surface area contributed by atoms with E-state index in [1.54, 1.807) is 12.1 Å². The minimum Gasteiger partial charge on any atom is -0.494 e. The van der Waals surface area contributed by atoms with Crippen molar-refractivity contribution in [1.29, 1.82) is 0 Å². The minimum atomic E-state index is -4.58. The molecule has 0 bridgehead atoms. The Bertz CT molecular complexity index is 1580. The Hall–Kier alpha value is -4.33. The number of nitrogens with one attached hydrogen (secondary N) is 4. The van der Waals surface area contributed by atoms with Gasteiger partial charge in [-0.1, -0.05) is 55.9 Å². The van der Waals surface area contributed by atoms with Gasteiger partial charge in [0, 0.05) is 12.1 Å². The summed E-state index contributed by atoms with van der Waals surface area (Å²) < 4.78 is 38.9. The molecule has 0 unspecified atom stereocenters. The largest absolute Gasteiger partial charge is 0.494 e. The lowest BCUT2D eigenvalue weighted by molar-refractivity contribution is -0.137. The molecular formula is C26H24F3N5O5S. The average Bonchev–Trinajstić information content (AvgIpc) is 3.20. The first kappa shape index (κ1) is 28.7. The predicted molar refractivity (Wildman–Crippen MR) is 143 cm³/mol. The lowest BCUT2D eigenvalue weighted by atomic mass is 9.96. The number of aliphatic imine (C=N–C) groups is 1. The first-order valence-corrected chi connectivity index (χ1v) is 12.9. The first-order valence-electron chi connectivity index (χ1n) is 12.0. The summed E-state index contributed by atoms with van der Waals surface area (Å²) in [5, 5.41) is 14.4. The van der Waals surface area contributed by atoms with Crippen LogP contribution in [-0.2, 0) is 15.8 Å². The zero-order valence-corrected chi connectivity index (χ0v) is 21.9. The number of amidine groups is 1. The van der Waals surface area contributed by atoms with E-state index >= 15 is 0 Å². The Labute approximate surface area is 229 Å². The Morgan fingerprint density at radius 2 is 1.75 bits per heavy atom. The molecule has 0 spiro atoms. The van der Waals surface area contributed by atoms with E-state index in [0.29, 0.717) is 5.56 Å². The third-order valence-electron chi connectivity index (χ3n) is 6.02. The van der Waals surface area contributed by atoms with Gasteiger partial charge in [0.05, 0.1) is 5.56 Å². The molecule has 10 nitrogen and oxygen atoms in total. The van der Waals surface area contributed by atoms with Gasteiger partial charge in [0.2, 0.25) is 17.7 Å². The number of nitrogens with zero attached hydrogens (tertiary/aromatic N) is 1. The average molecular weight is 576 g/mol. The van der Waals surface area contributed by atoms with Crippen LogP contribution >= 0.6 is 11.8 Å². The first-order chi connectivity index (χ1) is 18.8. The number of aromatic amines is 2. The maximum absolute atomic E-state index is 13.0. The molecule has 2 heterocycles. The number of H-pyrrole nitrogens is 2. The number of benzene rings is 2. The maximum Gasteiger partial charge on any atom is 0.416 e. The molecule has 2 atom stereocenters. The van der Waals surface area contributed by atoms with Crippen molar-refractivity contribution in [2.24, 2.45) is 4.99 Å². The Morgan fingerprint density at radius 1 is 1.07 bits per heavy atom. The highest BCUT2D eigenvalue weighted by Crippen LogP contribution is 2.33. The van der Waals surface area contributed by atoms with Gasteiger partial charge < -0.3 is 15.7 Å². The topological polar surface area (TPSA) is 157 Å². The summed E-state index contributed by atoms with van der Waals surface area (Å²) in [7, 11) is 0. The monoisotopic (exact) mass is 575 g/mol. The van der Waals surface area contributed by atoms with Crippen LogP contribution in [0.25, 0.3) is 0 Å². The van der Waals surface area contributed by atoms with Crippen molar-refractivity contribution in [3.63, 3.8) is 0 Å². The van der Waals surface area contributed by atoms with Gasteiger partial charge in [0.15, 0.2) is 5.17 Å². The van der Waals surface area contributed by atoms with Crippen LogP contribution < -0.4 is 21.9 Å². The van der Waals surface area contributed by atoms with Gasteiger partial charge >= 0.3 is 11.9 Å². The number of carbonyl (C=O) groups excluding carboxylic acids is 2. The van der Waals surface area contributed by atoms with Gasteiger partial charge in [-0.15, -0.1) is 0 Å². The zero-order chi connectivity index (χ0) is 29.2. The van der Waals surface area contributed by atoms with Crippen LogP contribution in [-0.4, -0.2) is 37.3 Å². The van der Waals surface area contributed by atoms with Crippen LogP contribution in [0.2, 0.25) is 0 Å². The van der Waals surface area contributed by atoms with Gasteiger partial charge in [-0.2, -0.15) is 13.2 Å². The summed E-state index contributed by atoms with van der Waals surface area (Å²) in [4.78, 5) is 58.0. The van der Waals surface area contributed by atoms with Crippen molar-refractivity contribution < 1.29 is 27.9 Å². The molecule has 14 heteroatoms. The number of anilines is 1. The minimum absolute atomic E-state index is 0.0461. The summed E-state index contributed by atoms with van der Waals surface area (Å²) >= 11 is 0.888. The molecule has 2 amide bonds. The summed E-state index contributed by atoms with van der Waals surface area (Å²) in [6.45, 7) is 4.00. The molecule has 2 aromatic carbocycles. The normalized spacial score (nSPS) is 17.2. The Balaban J connectivity index is 1.58. The van der Waals surface area contributed by atoms with E-state index in [1.165, 1.54) is 6.07 Å². The van der Waals surface area contributed by atoms with E-state index < -0.39 is 52.0 Å². The molecule has 0 aliphatic carbocycles. The van der Waals surface area contributed by atoms with Crippen molar-refractivity contribution in [1.82, 2.24) is 15.3 Å². The summed E-state index contributed by atoms with van der Waals surface area (Å²) in [5.41, 5.74) is -1.57. The summed E-state index contributed by atoms with van der Waals surface area (Å²) in [6.07, 6.45) is -4.95. The van der Waals surface area contributed by atoms with E-state index in [9.17, 15) is 37.5 Å². The molecule has 1 aliphatic heterocycles. The fourth-order valence-electron chi connectivity index (χ4n) is 3.98. The quantitative estimate of drug-likeness (QED) is 0.290. The number of aromatic nitrogens is 2. The number of rotatable bonds is 7. The fraction of sp³-hybridized carbons (Fsp3) is 0.269. The number of amides is 2. The number of halogens is 3. The Morgan fingerprint density at radius 3 is 2.38 bits per heavy atom. The molecule has 210 valence electrons. The molecular weight excluding hydrogens is 551 g/mol. The smallest absolute Gasteiger partial charge is 0.416 e. The molecule has 1 aliphatic rings. The molecule has 1 saturated heterocycles. The molecule has 3 aromatic rings. The van der Waals surface area contributed by atoms with Crippen LogP contribution in [0.5, 0.6) is 5.88 Å². The molecule has 5 N–H and O–H groups in total. The molecule has 1 fully saturated rings. The SMILES string of the molecule is CC(C)c1ccc([C@H](N=C2NC(=O)[C@H](CC(=O)Nc3cccc(C(F)(F)F)c3)S2)c2c(O)[nH]c(=O)[nH]c2=O)cc1. The molecule has 1 aromatic heterocycles. The van der Waals surface area contributed by atoms with Crippen molar-refractivity contribution in [3.05, 3.63) is 91.6 Å². The van der Waals surface area contributed by atoms with Crippen LogP contribution in [0.3, 0.4) is 0 Å². The van der Waals surface area contributed by atoms with E-state index in [2.05, 4.69) is 25.6 Å². The molecule has 0 saturated carbocycles. The number of carbonyl (C=O) groups is 2.